The van der Waals surface area contributed by atoms with Crippen molar-refractivity contribution in [1.82, 2.24) is 9.97 Å². The minimum absolute atomic E-state index is 0.700. The summed E-state index contributed by atoms with van der Waals surface area (Å²) in [6.07, 6.45) is 0. The maximum absolute atomic E-state index is 6.63. The van der Waals surface area contributed by atoms with Crippen LogP contribution in [0.4, 0.5) is 0 Å². The van der Waals surface area contributed by atoms with E-state index in [1.54, 1.807) is 0 Å². The highest BCUT2D eigenvalue weighted by atomic mass is 16.3. The molecule has 2 aromatic heterocycles. The Bertz CT molecular complexity index is 2530. The standard InChI is InChI=1S/C42H26N2O/c1-3-12-28(13-4-1)40-34-18-10-9-17-31(34)24-36-35-25-33(21-22-39(35)45-41(36)40)38-26-37(43-42(44-38)29-14-5-2-6-15-29)32-20-19-27-11-7-8-16-30(27)23-32/h1-26H. The molecule has 0 fully saturated rings. The van der Waals surface area contributed by atoms with Crippen LogP contribution in [0.2, 0.25) is 0 Å². The second-order valence-electron chi connectivity index (χ2n) is 11.4. The largest absolute Gasteiger partial charge is 0.455 e. The molecule has 3 heteroatoms. The van der Waals surface area contributed by atoms with Gasteiger partial charge in [-0.15, -0.1) is 0 Å². The number of nitrogens with zero attached hydrogens (tertiary/aromatic N) is 2. The van der Waals surface area contributed by atoms with Crippen LogP contribution in [0.1, 0.15) is 0 Å². The molecule has 0 radical (unpaired) electrons. The summed E-state index contributed by atoms with van der Waals surface area (Å²) >= 11 is 0. The minimum Gasteiger partial charge on any atom is -0.455 e. The summed E-state index contributed by atoms with van der Waals surface area (Å²) in [4.78, 5) is 10.2. The number of rotatable bonds is 4. The molecule has 9 rings (SSSR count). The molecule has 0 spiro atoms. The SMILES string of the molecule is c1ccc(-c2nc(-c3ccc4ccccc4c3)cc(-c3ccc4oc5c(-c6ccccc6)c6ccccc6cc5c4c3)n2)cc1. The fourth-order valence-corrected chi connectivity index (χ4v) is 6.43. The van der Waals surface area contributed by atoms with Crippen LogP contribution in [0.3, 0.4) is 0 Å². The van der Waals surface area contributed by atoms with Gasteiger partial charge in [-0.3, -0.25) is 0 Å². The van der Waals surface area contributed by atoms with E-state index in [1.807, 2.05) is 24.3 Å². The predicted octanol–water partition coefficient (Wildman–Crippen LogP) is 11.4. The van der Waals surface area contributed by atoms with E-state index in [0.717, 1.165) is 61.1 Å². The molecule has 0 amide bonds. The van der Waals surface area contributed by atoms with Gasteiger partial charge >= 0.3 is 0 Å². The third-order valence-electron chi connectivity index (χ3n) is 8.65. The van der Waals surface area contributed by atoms with Crippen molar-refractivity contribution in [1.29, 1.82) is 0 Å². The molecular weight excluding hydrogens is 548 g/mol. The van der Waals surface area contributed by atoms with Crippen LogP contribution in [-0.4, -0.2) is 9.97 Å². The molecule has 0 saturated heterocycles. The molecule has 0 unspecified atom stereocenters. The van der Waals surface area contributed by atoms with Crippen molar-refractivity contribution >= 4 is 43.5 Å². The maximum atomic E-state index is 6.63. The van der Waals surface area contributed by atoms with Gasteiger partial charge in [0.15, 0.2) is 5.82 Å². The van der Waals surface area contributed by atoms with Gasteiger partial charge in [0.25, 0.3) is 0 Å². The van der Waals surface area contributed by atoms with Crippen LogP contribution in [-0.2, 0) is 0 Å². The van der Waals surface area contributed by atoms with Crippen molar-refractivity contribution in [2.24, 2.45) is 0 Å². The lowest BCUT2D eigenvalue weighted by Crippen LogP contribution is -1.96. The lowest BCUT2D eigenvalue weighted by atomic mass is 9.95. The van der Waals surface area contributed by atoms with E-state index in [-0.39, 0.29) is 0 Å². The highest BCUT2D eigenvalue weighted by molar-refractivity contribution is 6.18. The summed E-state index contributed by atoms with van der Waals surface area (Å²) in [5.74, 6) is 0.700. The van der Waals surface area contributed by atoms with E-state index in [9.17, 15) is 0 Å². The zero-order valence-electron chi connectivity index (χ0n) is 24.3. The summed E-state index contributed by atoms with van der Waals surface area (Å²) in [7, 11) is 0. The lowest BCUT2D eigenvalue weighted by molar-refractivity contribution is 0.670. The Morgan fingerprint density at radius 2 is 1.00 bits per heavy atom. The average Bonchev–Trinajstić information content (AvgIpc) is 3.48. The highest BCUT2D eigenvalue weighted by Crippen LogP contribution is 2.42. The molecule has 0 bridgehead atoms. The third-order valence-corrected chi connectivity index (χ3v) is 8.65. The Labute approximate surface area is 260 Å². The molecule has 210 valence electrons. The topological polar surface area (TPSA) is 38.9 Å². The van der Waals surface area contributed by atoms with Gasteiger partial charge in [-0.25, -0.2) is 9.97 Å². The Kier molecular flexibility index (Phi) is 5.82. The first-order valence-corrected chi connectivity index (χ1v) is 15.2. The molecule has 0 saturated carbocycles. The van der Waals surface area contributed by atoms with Crippen molar-refractivity contribution in [2.75, 3.05) is 0 Å². The van der Waals surface area contributed by atoms with Crippen molar-refractivity contribution in [3.8, 4) is 45.0 Å². The van der Waals surface area contributed by atoms with Gasteiger partial charge in [0, 0.05) is 33.0 Å². The van der Waals surface area contributed by atoms with Crippen LogP contribution < -0.4 is 0 Å². The van der Waals surface area contributed by atoms with Crippen LogP contribution >= 0.6 is 0 Å². The van der Waals surface area contributed by atoms with E-state index >= 15 is 0 Å². The molecule has 3 nitrogen and oxygen atoms in total. The number of fused-ring (bicyclic) bond motifs is 5. The lowest BCUT2D eigenvalue weighted by Gasteiger charge is -2.10. The second-order valence-corrected chi connectivity index (χ2v) is 11.4. The van der Waals surface area contributed by atoms with Gasteiger partial charge in [0.1, 0.15) is 11.2 Å². The number of aromatic nitrogens is 2. The van der Waals surface area contributed by atoms with Gasteiger partial charge in [-0.1, -0.05) is 121 Å². The number of benzene rings is 7. The van der Waals surface area contributed by atoms with E-state index < -0.39 is 0 Å². The Balaban J connectivity index is 1.27. The second kappa shape index (κ2) is 10.3. The van der Waals surface area contributed by atoms with Gasteiger partial charge in [0.05, 0.1) is 11.4 Å². The Morgan fingerprint density at radius 3 is 1.78 bits per heavy atom. The number of hydrogen-bond acceptors (Lipinski definition) is 3. The van der Waals surface area contributed by atoms with Crippen molar-refractivity contribution in [3.05, 3.63) is 158 Å². The first-order chi connectivity index (χ1) is 22.3. The molecule has 45 heavy (non-hydrogen) atoms. The summed E-state index contributed by atoms with van der Waals surface area (Å²) in [5.41, 5.74) is 8.83. The summed E-state index contributed by atoms with van der Waals surface area (Å²) in [6.45, 7) is 0. The molecule has 7 aromatic carbocycles. The van der Waals surface area contributed by atoms with Crippen LogP contribution in [0.15, 0.2) is 162 Å². The molecule has 9 aromatic rings. The predicted molar refractivity (Wildman–Crippen MR) is 186 cm³/mol. The number of hydrogen-bond donors (Lipinski definition) is 0. The maximum Gasteiger partial charge on any atom is 0.160 e. The first kappa shape index (κ1) is 25.4. The molecule has 0 aliphatic heterocycles. The van der Waals surface area contributed by atoms with Gasteiger partial charge in [0.2, 0.25) is 0 Å². The minimum atomic E-state index is 0.700. The van der Waals surface area contributed by atoms with Crippen LogP contribution in [0.5, 0.6) is 0 Å². The quantitative estimate of drug-likeness (QED) is 0.210. The molecule has 2 heterocycles. The molecule has 0 N–H and O–H groups in total. The molecular formula is C42H26N2O. The van der Waals surface area contributed by atoms with E-state index in [0.29, 0.717) is 5.82 Å². The Morgan fingerprint density at radius 1 is 0.378 bits per heavy atom. The smallest absolute Gasteiger partial charge is 0.160 e. The van der Waals surface area contributed by atoms with Gasteiger partial charge in [-0.05, 0) is 63.5 Å². The number of furan rings is 1. The summed E-state index contributed by atoms with van der Waals surface area (Å²) < 4.78 is 6.63. The van der Waals surface area contributed by atoms with Gasteiger partial charge in [-0.2, -0.15) is 0 Å². The molecule has 0 aliphatic carbocycles. The summed E-state index contributed by atoms with van der Waals surface area (Å²) in [5, 5.41) is 6.92. The van der Waals surface area contributed by atoms with Gasteiger partial charge < -0.3 is 4.42 Å². The summed E-state index contributed by atoms with van der Waals surface area (Å²) in [6, 6.07) is 54.9. The average molecular weight is 575 g/mol. The van der Waals surface area contributed by atoms with Crippen molar-refractivity contribution in [3.63, 3.8) is 0 Å². The fraction of sp³-hybridized carbons (Fsp3) is 0. The zero-order chi connectivity index (χ0) is 29.7. The molecule has 0 atom stereocenters. The monoisotopic (exact) mass is 574 g/mol. The van der Waals surface area contributed by atoms with Crippen molar-refractivity contribution in [2.45, 2.75) is 0 Å². The highest BCUT2D eigenvalue weighted by Gasteiger charge is 2.18. The first-order valence-electron chi connectivity index (χ1n) is 15.2. The normalized spacial score (nSPS) is 11.6. The third kappa shape index (κ3) is 4.37. The van der Waals surface area contributed by atoms with Crippen LogP contribution in [0, 0.1) is 0 Å². The zero-order valence-corrected chi connectivity index (χ0v) is 24.3. The fourth-order valence-electron chi connectivity index (χ4n) is 6.43. The van der Waals surface area contributed by atoms with E-state index in [1.165, 1.54) is 21.5 Å². The van der Waals surface area contributed by atoms with Crippen molar-refractivity contribution < 1.29 is 4.42 Å². The van der Waals surface area contributed by atoms with Crippen LogP contribution in [0.25, 0.3) is 88.5 Å². The Hall–Kier alpha value is -6.06. The van der Waals surface area contributed by atoms with E-state index in [2.05, 4.69) is 133 Å². The van der Waals surface area contributed by atoms with E-state index in [4.69, 9.17) is 14.4 Å². The molecule has 0 aliphatic rings.